The van der Waals surface area contributed by atoms with Gasteiger partial charge >= 0.3 is 5.97 Å². The summed E-state index contributed by atoms with van der Waals surface area (Å²) in [6.07, 6.45) is 10.6. The van der Waals surface area contributed by atoms with Gasteiger partial charge in [0.25, 0.3) is 0 Å². The molecule has 0 fully saturated rings. The Balaban J connectivity index is 2.06. The Morgan fingerprint density at radius 1 is 0.952 bits per heavy atom. The molecule has 0 bridgehead atoms. The number of carbonyl (C=O) groups excluding carboxylic acids is 2. The van der Waals surface area contributed by atoms with Gasteiger partial charge in [-0.2, -0.15) is 0 Å². The first-order chi connectivity index (χ1) is 10.3. The Labute approximate surface area is 127 Å². The number of rotatable bonds is 11. The molecule has 0 aliphatic carbocycles. The number of carbonyl (C=O) groups is 2. The average Bonchev–Trinajstić information content (AvgIpc) is 2.53. The molecule has 0 saturated carbocycles. The molecule has 1 aromatic rings. The summed E-state index contributed by atoms with van der Waals surface area (Å²) in [5, 5.41) is 0. The van der Waals surface area contributed by atoms with Crippen molar-refractivity contribution in [2.45, 2.75) is 58.3 Å². The van der Waals surface area contributed by atoms with Crippen molar-refractivity contribution in [2.24, 2.45) is 0 Å². The van der Waals surface area contributed by atoms with Gasteiger partial charge in [0.2, 0.25) is 0 Å². The van der Waals surface area contributed by atoms with Crippen LogP contribution in [0, 0.1) is 0 Å². The van der Waals surface area contributed by atoms with Gasteiger partial charge in [-0.05, 0) is 18.6 Å². The maximum absolute atomic E-state index is 11.7. The molecular weight excluding hydrogens is 264 g/mol. The number of hydrogen-bond donors (Lipinski definition) is 0. The van der Waals surface area contributed by atoms with Crippen LogP contribution in [-0.4, -0.2) is 18.9 Å². The molecule has 0 aromatic heterocycles. The lowest BCUT2D eigenvalue weighted by atomic mass is 10.1. The van der Waals surface area contributed by atoms with Crippen LogP contribution in [0.3, 0.4) is 0 Å². The number of benzene rings is 1. The van der Waals surface area contributed by atoms with E-state index in [1.54, 1.807) is 24.3 Å². The van der Waals surface area contributed by atoms with Crippen molar-refractivity contribution in [3.63, 3.8) is 0 Å². The first-order valence-corrected chi connectivity index (χ1v) is 8.00. The third-order valence-corrected chi connectivity index (χ3v) is 3.51. The van der Waals surface area contributed by atoms with E-state index < -0.39 is 0 Å². The van der Waals surface area contributed by atoms with Gasteiger partial charge in [0.1, 0.15) is 6.29 Å². The van der Waals surface area contributed by atoms with Gasteiger partial charge in [-0.3, -0.25) is 4.79 Å². The van der Waals surface area contributed by atoms with Gasteiger partial charge < -0.3 is 4.74 Å². The molecule has 0 atom stereocenters. The summed E-state index contributed by atoms with van der Waals surface area (Å²) in [7, 11) is 0. The quantitative estimate of drug-likeness (QED) is 0.334. The van der Waals surface area contributed by atoms with E-state index in [9.17, 15) is 9.59 Å². The van der Waals surface area contributed by atoms with Crippen LogP contribution in [0.4, 0.5) is 0 Å². The molecule has 0 radical (unpaired) electrons. The maximum Gasteiger partial charge on any atom is 0.338 e. The van der Waals surface area contributed by atoms with Crippen LogP contribution < -0.4 is 0 Å². The summed E-state index contributed by atoms with van der Waals surface area (Å²) in [6.45, 7) is 2.70. The van der Waals surface area contributed by atoms with Crippen LogP contribution in [0.15, 0.2) is 24.3 Å². The zero-order chi connectivity index (χ0) is 15.3. The molecule has 3 nitrogen and oxygen atoms in total. The number of hydrogen-bond acceptors (Lipinski definition) is 3. The first-order valence-electron chi connectivity index (χ1n) is 8.00. The molecule has 0 saturated heterocycles. The summed E-state index contributed by atoms with van der Waals surface area (Å²) in [5.74, 6) is -0.310. The van der Waals surface area contributed by atoms with Crippen LogP contribution in [-0.2, 0) is 4.74 Å². The summed E-state index contributed by atoms with van der Waals surface area (Å²) in [6, 6.07) is 6.50. The average molecular weight is 290 g/mol. The highest BCUT2D eigenvalue weighted by molar-refractivity contribution is 5.90. The molecule has 0 aliphatic rings. The van der Waals surface area contributed by atoms with Gasteiger partial charge in [0, 0.05) is 5.56 Å². The fraction of sp³-hybridized carbons (Fsp3) is 0.556. The topological polar surface area (TPSA) is 43.4 Å². The summed E-state index contributed by atoms with van der Waals surface area (Å²) in [5.41, 5.74) is 1.06. The standard InChI is InChI=1S/C18H26O3/c1-2-3-4-5-6-7-8-9-14-21-18(20)17-12-10-16(15-19)11-13-17/h10-13,15H,2-9,14H2,1H3. The highest BCUT2D eigenvalue weighted by Crippen LogP contribution is 2.09. The second-order valence-electron chi connectivity index (χ2n) is 5.35. The second kappa shape index (κ2) is 11.1. The van der Waals surface area contributed by atoms with E-state index in [1.807, 2.05) is 0 Å². The van der Waals surface area contributed by atoms with Crippen molar-refractivity contribution in [3.8, 4) is 0 Å². The smallest absolute Gasteiger partial charge is 0.338 e. The first kappa shape index (κ1) is 17.4. The lowest BCUT2D eigenvalue weighted by Crippen LogP contribution is -2.06. The van der Waals surface area contributed by atoms with E-state index in [0.717, 1.165) is 19.1 Å². The molecule has 0 N–H and O–H groups in total. The molecule has 1 aromatic carbocycles. The van der Waals surface area contributed by atoms with Crippen molar-refractivity contribution in [1.82, 2.24) is 0 Å². The Kier molecular flexibility index (Phi) is 9.18. The van der Waals surface area contributed by atoms with Crippen molar-refractivity contribution in [3.05, 3.63) is 35.4 Å². The molecular formula is C18H26O3. The predicted octanol–water partition coefficient (Wildman–Crippen LogP) is 4.80. The Morgan fingerprint density at radius 2 is 1.52 bits per heavy atom. The van der Waals surface area contributed by atoms with Gasteiger partial charge in [-0.1, -0.05) is 64.0 Å². The Morgan fingerprint density at radius 3 is 2.10 bits per heavy atom. The highest BCUT2D eigenvalue weighted by atomic mass is 16.5. The van der Waals surface area contributed by atoms with E-state index in [2.05, 4.69) is 6.92 Å². The molecule has 0 spiro atoms. The van der Waals surface area contributed by atoms with Crippen LogP contribution in [0.1, 0.15) is 79.0 Å². The van der Waals surface area contributed by atoms with E-state index in [-0.39, 0.29) is 5.97 Å². The number of esters is 1. The molecule has 0 unspecified atom stereocenters. The maximum atomic E-state index is 11.7. The molecule has 0 amide bonds. The second-order valence-corrected chi connectivity index (χ2v) is 5.35. The normalized spacial score (nSPS) is 10.3. The minimum Gasteiger partial charge on any atom is -0.462 e. The lowest BCUT2D eigenvalue weighted by molar-refractivity contribution is 0.0497. The van der Waals surface area contributed by atoms with E-state index >= 15 is 0 Å². The minimum atomic E-state index is -0.310. The highest BCUT2D eigenvalue weighted by Gasteiger charge is 2.06. The van der Waals surface area contributed by atoms with Gasteiger partial charge in [-0.25, -0.2) is 4.79 Å². The third kappa shape index (κ3) is 7.64. The lowest BCUT2D eigenvalue weighted by Gasteiger charge is -2.05. The van der Waals surface area contributed by atoms with Crippen molar-refractivity contribution in [1.29, 1.82) is 0 Å². The van der Waals surface area contributed by atoms with Crippen LogP contribution >= 0.6 is 0 Å². The molecule has 0 heterocycles. The molecule has 116 valence electrons. The number of unbranched alkanes of at least 4 members (excludes halogenated alkanes) is 7. The van der Waals surface area contributed by atoms with Crippen molar-refractivity contribution >= 4 is 12.3 Å². The van der Waals surface area contributed by atoms with E-state index in [1.165, 1.54) is 38.5 Å². The number of ether oxygens (including phenoxy) is 1. The Hall–Kier alpha value is -1.64. The monoisotopic (exact) mass is 290 g/mol. The summed E-state index contributed by atoms with van der Waals surface area (Å²) >= 11 is 0. The van der Waals surface area contributed by atoms with E-state index in [0.29, 0.717) is 17.7 Å². The van der Waals surface area contributed by atoms with Crippen molar-refractivity contribution in [2.75, 3.05) is 6.61 Å². The largest absolute Gasteiger partial charge is 0.462 e. The third-order valence-electron chi connectivity index (χ3n) is 3.51. The minimum absolute atomic E-state index is 0.310. The van der Waals surface area contributed by atoms with Crippen LogP contribution in [0.25, 0.3) is 0 Å². The fourth-order valence-electron chi connectivity index (χ4n) is 2.18. The molecule has 21 heavy (non-hydrogen) atoms. The SMILES string of the molecule is CCCCCCCCCCOC(=O)c1ccc(C=O)cc1. The molecule has 0 aliphatic heterocycles. The summed E-state index contributed by atoms with van der Waals surface area (Å²) < 4.78 is 5.22. The van der Waals surface area contributed by atoms with Gasteiger partial charge in [0.15, 0.2) is 0 Å². The fourth-order valence-corrected chi connectivity index (χ4v) is 2.18. The van der Waals surface area contributed by atoms with Crippen molar-refractivity contribution < 1.29 is 14.3 Å². The molecule has 1 rings (SSSR count). The number of aldehydes is 1. The van der Waals surface area contributed by atoms with Crippen LogP contribution in [0.5, 0.6) is 0 Å². The van der Waals surface area contributed by atoms with E-state index in [4.69, 9.17) is 4.74 Å². The van der Waals surface area contributed by atoms with Gasteiger partial charge in [-0.15, -0.1) is 0 Å². The Bertz CT molecular complexity index is 409. The zero-order valence-electron chi connectivity index (χ0n) is 13.0. The summed E-state index contributed by atoms with van der Waals surface area (Å²) in [4.78, 5) is 22.3. The zero-order valence-corrected chi connectivity index (χ0v) is 13.0. The predicted molar refractivity (Wildman–Crippen MR) is 84.7 cm³/mol. The van der Waals surface area contributed by atoms with Crippen LogP contribution in [0.2, 0.25) is 0 Å². The molecule has 3 heteroatoms. The van der Waals surface area contributed by atoms with Gasteiger partial charge in [0.05, 0.1) is 12.2 Å².